The lowest BCUT2D eigenvalue weighted by Crippen LogP contribution is -2.50. The van der Waals surface area contributed by atoms with Crippen LogP contribution in [0.5, 0.6) is 0 Å². The Morgan fingerprint density at radius 2 is 1.78 bits per heavy atom. The van der Waals surface area contributed by atoms with Crippen molar-refractivity contribution in [1.82, 2.24) is 19.4 Å². The highest BCUT2D eigenvalue weighted by Gasteiger charge is 2.27. The van der Waals surface area contributed by atoms with Crippen molar-refractivity contribution in [2.75, 3.05) is 26.2 Å². The normalized spacial score (nSPS) is 15.3. The Labute approximate surface area is 137 Å². The molecule has 3 rings (SSSR count). The van der Waals surface area contributed by atoms with Crippen molar-refractivity contribution in [1.29, 1.82) is 0 Å². The molecule has 1 fully saturated rings. The fraction of sp³-hybridized carbons (Fsp3) is 0.467. The van der Waals surface area contributed by atoms with Gasteiger partial charge in [0.05, 0.1) is 16.6 Å². The molecule has 0 spiro atoms. The zero-order valence-electron chi connectivity index (χ0n) is 13.3. The first-order chi connectivity index (χ1) is 10.9. The third kappa shape index (κ3) is 2.63. The van der Waals surface area contributed by atoms with Crippen molar-refractivity contribution in [3.63, 3.8) is 0 Å². The minimum Gasteiger partial charge on any atom is -0.339 e. The molecule has 0 aliphatic carbocycles. The van der Waals surface area contributed by atoms with Crippen LogP contribution < -0.4 is 5.56 Å². The van der Waals surface area contributed by atoms with Gasteiger partial charge in [0.2, 0.25) is 5.91 Å². The summed E-state index contributed by atoms with van der Waals surface area (Å²) in [5.74, 6) is -0.0569. The smallest absolute Gasteiger partial charge is 0.264 e. The molecule has 2 aromatic heterocycles. The van der Waals surface area contributed by atoms with Gasteiger partial charge >= 0.3 is 0 Å². The number of amides is 2. The van der Waals surface area contributed by atoms with Crippen LogP contribution in [0.25, 0.3) is 10.2 Å². The van der Waals surface area contributed by atoms with Crippen LogP contribution in [-0.4, -0.2) is 57.3 Å². The number of thiophene rings is 1. The van der Waals surface area contributed by atoms with Crippen LogP contribution in [0.2, 0.25) is 0 Å². The largest absolute Gasteiger partial charge is 0.339 e. The molecule has 8 heteroatoms. The second-order valence-corrected chi connectivity index (χ2v) is 6.69. The van der Waals surface area contributed by atoms with Crippen molar-refractivity contribution in [2.45, 2.75) is 13.8 Å². The molecule has 0 atom stereocenters. The second kappa shape index (κ2) is 5.77. The van der Waals surface area contributed by atoms with Gasteiger partial charge in [-0.05, 0) is 12.5 Å². The molecule has 0 radical (unpaired) electrons. The highest BCUT2D eigenvalue weighted by molar-refractivity contribution is 7.20. The maximum atomic E-state index is 12.8. The Bertz CT molecular complexity index is 846. The minimum atomic E-state index is -0.135. The molecule has 3 heterocycles. The van der Waals surface area contributed by atoms with Gasteiger partial charge in [-0.25, -0.2) is 4.98 Å². The molecule has 1 aliphatic heterocycles. The van der Waals surface area contributed by atoms with E-state index in [4.69, 9.17) is 0 Å². The zero-order chi connectivity index (χ0) is 16.7. The predicted molar refractivity (Wildman–Crippen MR) is 87.8 cm³/mol. The maximum absolute atomic E-state index is 12.8. The van der Waals surface area contributed by atoms with E-state index < -0.39 is 0 Å². The number of aromatic nitrogens is 2. The molecule has 0 unspecified atom stereocenters. The zero-order valence-corrected chi connectivity index (χ0v) is 14.1. The number of rotatable bonds is 1. The SMILES string of the molecule is CC(=O)N1CCN(C(=O)c2sc3ncn(C)c(=O)c3c2C)CC1. The Morgan fingerprint density at radius 1 is 1.17 bits per heavy atom. The topological polar surface area (TPSA) is 75.5 Å². The molecule has 23 heavy (non-hydrogen) atoms. The monoisotopic (exact) mass is 334 g/mol. The average Bonchev–Trinajstić information content (AvgIpc) is 2.88. The average molecular weight is 334 g/mol. The predicted octanol–water partition coefficient (Wildman–Crippen LogP) is 0.608. The third-order valence-corrected chi connectivity index (χ3v) is 5.40. The quantitative estimate of drug-likeness (QED) is 0.766. The van der Waals surface area contributed by atoms with E-state index in [1.165, 1.54) is 29.2 Å². The Balaban J connectivity index is 1.91. The first kappa shape index (κ1) is 15.7. The van der Waals surface area contributed by atoms with Crippen LogP contribution in [0.4, 0.5) is 0 Å². The first-order valence-electron chi connectivity index (χ1n) is 7.39. The lowest BCUT2D eigenvalue weighted by atomic mass is 10.2. The van der Waals surface area contributed by atoms with Gasteiger partial charge in [0.25, 0.3) is 11.5 Å². The molecule has 7 nitrogen and oxygen atoms in total. The highest BCUT2D eigenvalue weighted by Crippen LogP contribution is 2.28. The summed E-state index contributed by atoms with van der Waals surface area (Å²) in [6.45, 7) is 5.45. The number of fused-ring (bicyclic) bond motifs is 1. The number of hydrogen-bond acceptors (Lipinski definition) is 5. The first-order valence-corrected chi connectivity index (χ1v) is 8.21. The summed E-state index contributed by atoms with van der Waals surface area (Å²) in [5, 5.41) is 0.519. The number of carbonyl (C=O) groups excluding carboxylic acids is 2. The van der Waals surface area contributed by atoms with Crippen LogP contribution in [-0.2, 0) is 11.8 Å². The molecule has 122 valence electrons. The Hall–Kier alpha value is -2.22. The summed E-state index contributed by atoms with van der Waals surface area (Å²) in [6.07, 6.45) is 1.47. The van der Waals surface area contributed by atoms with E-state index in [0.29, 0.717) is 46.8 Å². The van der Waals surface area contributed by atoms with E-state index in [1.807, 2.05) is 0 Å². The van der Waals surface area contributed by atoms with Gasteiger partial charge in [0, 0.05) is 40.2 Å². The number of piperazine rings is 1. The number of nitrogens with zero attached hydrogens (tertiary/aromatic N) is 4. The Morgan fingerprint density at radius 3 is 2.39 bits per heavy atom. The third-order valence-electron chi connectivity index (χ3n) is 4.22. The van der Waals surface area contributed by atoms with E-state index in [2.05, 4.69) is 4.98 Å². The summed E-state index contributed by atoms with van der Waals surface area (Å²) < 4.78 is 1.42. The van der Waals surface area contributed by atoms with E-state index in [-0.39, 0.29) is 17.4 Å². The van der Waals surface area contributed by atoms with Gasteiger partial charge in [-0.3, -0.25) is 14.4 Å². The van der Waals surface area contributed by atoms with Crippen molar-refractivity contribution in [3.05, 3.63) is 27.1 Å². The van der Waals surface area contributed by atoms with Gasteiger partial charge in [-0.15, -0.1) is 11.3 Å². The van der Waals surface area contributed by atoms with Crippen molar-refractivity contribution < 1.29 is 9.59 Å². The van der Waals surface area contributed by atoms with E-state index >= 15 is 0 Å². The van der Waals surface area contributed by atoms with Gasteiger partial charge in [-0.1, -0.05) is 0 Å². The summed E-state index contributed by atoms with van der Waals surface area (Å²) >= 11 is 1.26. The standard InChI is InChI=1S/C15H18N4O3S/c1-9-11-13(16-8-17(3)14(11)21)23-12(9)15(22)19-6-4-18(5-7-19)10(2)20/h8H,4-7H2,1-3H3. The minimum absolute atomic E-state index is 0.0304. The summed E-state index contributed by atoms with van der Waals surface area (Å²) in [6, 6.07) is 0. The van der Waals surface area contributed by atoms with Crippen LogP contribution in [0, 0.1) is 6.92 Å². The van der Waals surface area contributed by atoms with E-state index in [1.54, 1.807) is 23.8 Å². The lowest BCUT2D eigenvalue weighted by Gasteiger charge is -2.34. The molecule has 2 aromatic rings. The van der Waals surface area contributed by atoms with Crippen molar-refractivity contribution >= 4 is 33.4 Å². The number of carbonyl (C=O) groups is 2. The fourth-order valence-electron chi connectivity index (χ4n) is 2.78. The van der Waals surface area contributed by atoms with Crippen molar-refractivity contribution in [2.24, 2.45) is 7.05 Å². The molecular formula is C15H18N4O3S. The fourth-order valence-corrected chi connectivity index (χ4v) is 3.89. The number of aryl methyl sites for hydroxylation is 2. The molecule has 1 saturated heterocycles. The highest BCUT2D eigenvalue weighted by atomic mass is 32.1. The van der Waals surface area contributed by atoms with Crippen LogP contribution in [0.1, 0.15) is 22.2 Å². The van der Waals surface area contributed by atoms with Gasteiger partial charge in [0.15, 0.2) is 0 Å². The summed E-state index contributed by atoms with van der Waals surface area (Å²) in [5.41, 5.74) is 0.557. The van der Waals surface area contributed by atoms with Crippen molar-refractivity contribution in [3.8, 4) is 0 Å². The van der Waals surface area contributed by atoms with Crippen LogP contribution in [0.15, 0.2) is 11.1 Å². The Kier molecular flexibility index (Phi) is 3.93. The molecular weight excluding hydrogens is 316 g/mol. The maximum Gasteiger partial charge on any atom is 0.264 e. The molecule has 2 amide bonds. The second-order valence-electron chi connectivity index (χ2n) is 5.70. The van der Waals surface area contributed by atoms with Crippen LogP contribution >= 0.6 is 11.3 Å². The van der Waals surface area contributed by atoms with Gasteiger partial charge in [-0.2, -0.15) is 0 Å². The van der Waals surface area contributed by atoms with Gasteiger partial charge in [0.1, 0.15) is 4.83 Å². The molecule has 0 N–H and O–H groups in total. The molecule has 0 bridgehead atoms. The summed E-state index contributed by atoms with van der Waals surface area (Å²) in [4.78, 5) is 45.2. The molecule has 1 aliphatic rings. The molecule has 0 saturated carbocycles. The van der Waals surface area contributed by atoms with Gasteiger partial charge < -0.3 is 14.4 Å². The van der Waals surface area contributed by atoms with E-state index in [0.717, 1.165) is 0 Å². The number of hydrogen-bond donors (Lipinski definition) is 0. The van der Waals surface area contributed by atoms with Crippen LogP contribution in [0.3, 0.4) is 0 Å². The summed E-state index contributed by atoms with van der Waals surface area (Å²) in [7, 11) is 1.65. The van der Waals surface area contributed by atoms with E-state index in [9.17, 15) is 14.4 Å². The lowest BCUT2D eigenvalue weighted by molar-refractivity contribution is -0.130. The molecule has 0 aromatic carbocycles.